The molecule has 0 saturated heterocycles. The summed E-state index contributed by atoms with van der Waals surface area (Å²) in [6.45, 7) is 3.54. The molecule has 0 saturated carbocycles. The van der Waals surface area contributed by atoms with Gasteiger partial charge < -0.3 is 9.84 Å². The maximum absolute atomic E-state index is 13.1. The molecule has 2 heterocycles. The third-order valence-corrected chi connectivity index (χ3v) is 5.90. The van der Waals surface area contributed by atoms with Crippen LogP contribution in [0.25, 0.3) is 21.3 Å². The number of nitrogens with zero attached hydrogens (tertiary/aromatic N) is 2. The summed E-state index contributed by atoms with van der Waals surface area (Å²) >= 11 is 1.43. The molecular formula is C24H22N2O4S. The van der Waals surface area contributed by atoms with Crippen LogP contribution in [0, 0.1) is 6.92 Å². The van der Waals surface area contributed by atoms with Crippen LogP contribution in [-0.2, 0) is 6.54 Å². The van der Waals surface area contributed by atoms with E-state index in [4.69, 9.17) is 4.74 Å². The lowest BCUT2D eigenvalue weighted by Crippen LogP contribution is -2.30. The third kappa shape index (κ3) is 4.57. The summed E-state index contributed by atoms with van der Waals surface area (Å²) < 4.78 is 7.02. The Morgan fingerprint density at radius 2 is 2.00 bits per heavy atom. The Hall–Kier alpha value is -3.29. The van der Waals surface area contributed by atoms with Gasteiger partial charge in [0.05, 0.1) is 18.3 Å². The fraction of sp³-hybridized carbons (Fsp3) is 0.208. The van der Waals surface area contributed by atoms with E-state index in [9.17, 15) is 14.7 Å². The van der Waals surface area contributed by atoms with E-state index in [1.165, 1.54) is 29.2 Å². The number of Topliss-reactive ketones (excluding diaryl/α,β-unsaturated/α-hetero) is 1. The van der Waals surface area contributed by atoms with E-state index in [1.807, 2.05) is 36.6 Å². The molecule has 0 radical (unpaired) electrons. The summed E-state index contributed by atoms with van der Waals surface area (Å²) in [5, 5.41) is 12.9. The second-order valence-electron chi connectivity index (χ2n) is 7.45. The highest BCUT2D eigenvalue weighted by Crippen LogP contribution is 2.30. The van der Waals surface area contributed by atoms with Crippen molar-refractivity contribution in [3.63, 3.8) is 0 Å². The summed E-state index contributed by atoms with van der Waals surface area (Å²) in [5.41, 5.74) is 3.30. The zero-order valence-corrected chi connectivity index (χ0v) is 18.1. The number of rotatable bonds is 7. The standard InChI is InChI=1S/C24H22N2O4S/c1-15-6-8-17(9-7-15)21-13-31-23-22(21)24(29)26(14-25-23)11-19(28)12-30-20-5-3-4-18(10-20)16(2)27/h3-10,13-14,19,28H,11-12H2,1-2H3. The van der Waals surface area contributed by atoms with Crippen LogP contribution in [0.15, 0.2) is 65.0 Å². The molecule has 2 aromatic carbocycles. The minimum Gasteiger partial charge on any atom is -0.491 e. The van der Waals surface area contributed by atoms with Crippen molar-refractivity contribution in [1.82, 2.24) is 9.55 Å². The number of aliphatic hydroxyl groups is 1. The van der Waals surface area contributed by atoms with E-state index in [1.54, 1.807) is 24.3 Å². The average Bonchev–Trinajstić information content (AvgIpc) is 3.20. The molecule has 0 aliphatic carbocycles. The maximum Gasteiger partial charge on any atom is 0.262 e. The number of benzene rings is 2. The van der Waals surface area contributed by atoms with Gasteiger partial charge in [0, 0.05) is 16.5 Å². The van der Waals surface area contributed by atoms with Gasteiger partial charge in [-0.25, -0.2) is 4.98 Å². The Labute approximate surface area is 183 Å². The lowest BCUT2D eigenvalue weighted by atomic mass is 10.1. The summed E-state index contributed by atoms with van der Waals surface area (Å²) in [7, 11) is 0. The number of carbonyl (C=O) groups is 1. The molecule has 4 rings (SSSR count). The number of carbonyl (C=O) groups excluding carboxylic acids is 1. The largest absolute Gasteiger partial charge is 0.491 e. The molecule has 0 bridgehead atoms. The van der Waals surface area contributed by atoms with Crippen LogP contribution in [0.3, 0.4) is 0 Å². The molecule has 31 heavy (non-hydrogen) atoms. The third-order valence-electron chi connectivity index (χ3n) is 5.01. The molecule has 0 amide bonds. The summed E-state index contributed by atoms with van der Waals surface area (Å²) in [6.07, 6.45) is 0.541. The van der Waals surface area contributed by atoms with Gasteiger partial charge in [-0.05, 0) is 31.5 Å². The highest BCUT2D eigenvalue weighted by Gasteiger charge is 2.15. The Morgan fingerprint density at radius 1 is 1.23 bits per heavy atom. The maximum atomic E-state index is 13.1. The normalized spacial score (nSPS) is 12.1. The van der Waals surface area contributed by atoms with E-state index in [2.05, 4.69) is 4.98 Å². The Balaban J connectivity index is 1.53. The number of fused-ring (bicyclic) bond motifs is 1. The second kappa shape index (κ2) is 8.83. The van der Waals surface area contributed by atoms with Gasteiger partial charge in [0.2, 0.25) is 0 Å². The molecule has 1 unspecified atom stereocenters. The molecule has 0 spiro atoms. The van der Waals surface area contributed by atoms with Crippen molar-refractivity contribution in [2.24, 2.45) is 0 Å². The fourth-order valence-corrected chi connectivity index (χ4v) is 4.23. The number of thiophene rings is 1. The molecule has 0 aliphatic heterocycles. The molecule has 4 aromatic rings. The molecule has 158 valence electrons. The molecule has 2 aromatic heterocycles. The zero-order chi connectivity index (χ0) is 22.0. The zero-order valence-electron chi connectivity index (χ0n) is 17.2. The number of aryl methyl sites for hydroxylation is 1. The summed E-state index contributed by atoms with van der Waals surface area (Å²) in [6, 6.07) is 14.8. The van der Waals surface area contributed by atoms with E-state index in [0.29, 0.717) is 21.5 Å². The van der Waals surface area contributed by atoms with E-state index in [0.717, 1.165) is 16.7 Å². The SMILES string of the molecule is CC(=O)c1cccc(OCC(O)Cn2cnc3scc(-c4ccc(C)cc4)c3c2=O)c1. The van der Waals surface area contributed by atoms with Crippen molar-refractivity contribution in [3.8, 4) is 16.9 Å². The fourth-order valence-electron chi connectivity index (χ4n) is 3.32. The van der Waals surface area contributed by atoms with E-state index in [-0.39, 0.29) is 24.5 Å². The predicted molar refractivity (Wildman–Crippen MR) is 122 cm³/mol. The Kier molecular flexibility index (Phi) is 5.97. The van der Waals surface area contributed by atoms with Crippen LogP contribution in [0.5, 0.6) is 5.75 Å². The van der Waals surface area contributed by atoms with Gasteiger partial charge in [-0.3, -0.25) is 14.2 Å². The van der Waals surface area contributed by atoms with Crippen LogP contribution < -0.4 is 10.3 Å². The van der Waals surface area contributed by atoms with Crippen LogP contribution in [0.1, 0.15) is 22.8 Å². The van der Waals surface area contributed by atoms with Crippen LogP contribution in [0.4, 0.5) is 0 Å². The lowest BCUT2D eigenvalue weighted by Gasteiger charge is -2.14. The first-order valence-corrected chi connectivity index (χ1v) is 10.8. The lowest BCUT2D eigenvalue weighted by molar-refractivity contribution is 0.0913. The highest BCUT2D eigenvalue weighted by molar-refractivity contribution is 7.17. The van der Waals surface area contributed by atoms with Gasteiger partial charge in [-0.1, -0.05) is 42.0 Å². The van der Waals surface area contributed by atoms with Gasteiger partial charge in [0.25, 0.3) is 5.56 Å². The van der Waals surface area contributed by atoms with Crippen LogP contribution in [-0.4, -0.2) is 33.2 Å². The van der Waals surface area contributed by atoms with Crippen molar-refractivity contribution in [1.29, 1.82) is 0 Å². The monoisotopic (exact) mass is 434 g/mol. The van der Waals surface area contributed by atoms with Gasteiger partial charge in [-0.2, -0.15) is 0 Å². The van der Waals surface area contributed by atoms with Crippen molar-refractivity contribution in [3.05, 3.63) is 81.7 Å². The first-order valence-electron chi connectivity index (χ1n) is 9.88. The molecule has 0 fully saturated rings. The smallest absolute Gasteiger partial charge is 0.262 e. The number of ketones is 1. The topological polar surface area (TPSA) is 81.4 Å². The first kappa shape index (κ1) is 21.0. The van der Waals surface area contributed by atoms with Crippen LogP contribution >= 0.6 is 11.3 Å². The molecule has 6 nitrogen and oxygen atoms in total. The summed E-state index contributed by atoms with van der Waals surface area (Å²) in [4.78, 5) is 29.7. The van der Waals surface area contributed by atoms with Gasteiger partial charge >= 0.3 is 0 Å². The molecular weight excluding hydrogens is 412 g/mol. The number of hydrogen-bond donors (Lipinski definition) is 1. The minimum absolute atomic E-state index is 0.0136. The van der Waals surface area contributed by atoms with Gasteiger partial charge in [0.1, 0.15) is 23.3 Å². The summed E-state index contributed by atoms with van der Waals surface area (Å²) in [5.74, 6) is 0.434. The van der Waals surface area contributed by atoms with Crippen molar-refractivity contribution < 1.29 is 14.6 Å². The van der Waals surface area contributed by atoms with Crippen molar-refractivity contribution in [2.75, 3.05) is 6.61 Å². The predicted octanol–water partition coefficient (Wildman–Crippen LogP) is 4.08. The second-order valence-corrected chi connectivity index (χ2v) is 8.30. The molecule has 1 N–H and O–H groups in total. The average molecular weight is 435 g/mol. The first-order chi connectivity index (χ1) is 14.9. The highest BCUT2D eigenvalue weighted by atomic mass is 32.1. The Morgan fingerprint density at radius 3 is 2.74 bits per heavy atom. The van der Waals surface area contributed by atoms with E-state index >= 15 is 0 Å². The number of hydrogen-bond acceptors (Lipinski definition) is 6. The van der Waals surface area contributed by atoms with E-state index < -0.39 is 6.10 Å². The number of ether oxygens (including phenoxy) is 1. The minimum atomic E-state index is -0.917. The Bertz CT molecular complexity index is 1290. The quantitative estimate of drug-likeness (QED) is 0.444. The van der Waals surface area contributed by atoms with Crippen molar-refractivity contribution in [2.45, 2.75) is 26.5 Å². The number of aliphatic hydroxyl groups excluding tert-OH is 1. The van der Waals surface area contributed by atoms with Gasteiger partial charge in [-0.15, -0.1) is 11.3 Å². The van der Waals surface area contributed by atoms with Crippen LogP contribution in [0.2, 0.25) is 0 Å². The van der Waals surface area contributed by atoms with Gasteiger partial charge in [0.15, 0.2) is 5.78 Å². The molecule has 0 aliphatic rings. The molecule has 1 atom stereocenters. The number of aromatic nitrogens is 2. The molecule has 7 heteroatoms. The van der Waals surface area contributed by atoms with Crippen molar-refractivity contribution >= 4 is 27.3 Å².